The van der Waals surface area contributed by atoms with Gasteiger partial charge in [-0.15, -0.1) is 0 Å². The van der Waals surface area contributed by atoms with Gasteiger partial charge in [-0.05, 0) is 35.4 Å². The molecule has 4 heteroatoms. The molecule has 0 radical (unpaired) electrons. The zero-order chi connectivity index (χ0) is 14.5. The van der Waals surface area contributed by atoms with Gasteiger partial charge in [-0.25, -0.2) is 0 Å². The van der Waals surface area contributed by atoms with Crippen LogP contribution < -0.4 is 10.1 Å². The van der Waals surface area contributed by atoms with E-state index in [4.69, 9.17) is 4.74 Å². The summed E-state index contributed by atoms with van der Waals surface area (Å²) in [4.78, 5) is 22.1. The predicted octanol–water partition coefficient (Wildman–Crippen LogP) is 2.27. The van der Waals surface area contributed by atoms with Gasteiger partial charge in [0.25, 0.3) is 0 Å². The average Bonchev–Trinajstić information content (AvgIpc) is 2.50. The number of hydrogen-bond acceptors (Lipinski definition) is 3. The molecule has 1 atom stereocenters. The van der Waals surface area contributed by atoms with Crippen molar-refractivity contribution < 1.29 is 14.3 Å². The van der Waals surface area contributed by atoms with Crippen LogP contribution in [0.5, 0.6) is 5.75 Å². The number of amides is 1. The molecule has 0 saturated carbocycles. The highest BCUT2D eigenvalue weighted by atomic mass is 16.5. The first-order valence-corrected chi connectivity index (χ1v) is 6.44. The summed E-state index contributed by atoms with van der Waals surface area (Å²) in [6.07, 6.45) is 0.678. The van der Waals surface area contributed by atoms with E-state index in [9.17, 15) is 9.59 Å². The van der Waals surface area contributed by atoms with Gasteiger partial charge in [-0.3, -0.25) is 4.79 Å². The van der Waals surface area contributed by atoms with E-state index in [-0.39, 0.29) is 18.4 Å². The molecular formula is C16H17NO3. The second kappa shape index (κ2) is 6.19. The standard InChI is InChI=1S/C16H17NO3/c1-11(16(19)17-7-8-18)12-3-4-14-10-15(20-2)6-5-13(14)9-12/h3-6,8-11H,7H2,1-2H3,(H,17,19)/t11-/m0/s1. The third kappa shape index (κ3) is 2.96. The molecule has 0 saturated heterocycles. The molecule has 20 heavy (non-hydrogen) atoms. The van der Waals surface area contributed by atoms with E-state index in [2.05, 4.69) is 5.32 Å². The summed E-state index contributed by atoms with van der Waals surface area (Å²) in [5, 5.41) is 4.69. The molecule has 0 unspecified atom stereocenters. The van der Waals surface area contributed by atoms with Crippen molar-refractivity contribution in [3.05, 3.63) is 42.0 Å². The van der Waals surface area contributed by atoms with Crippen LogP contribution in [-0.2, 0) is 9.59 Å². The molecule has 0 spiro atoms. The number of nitrogens with one attached hydrogen (secondary N) is 1. The molecule has 1 N–H and O–H groups in total. The Hall–Kier alpha value is -2.36. The van der Waals surface area contributed by atoms with Gasteiger partial charge < -0.3 is 14.8 Å². The van der Waals surface area contributed by atoms with Crippen molar-refractivity contribution in [1.29, 1.82) is 0 Å². The summed E-state index contributed by atoms with van der Waals surface area (Å²) in [6.45, 7) is 1.87. The maximum Gasteiger partial charge on any atom is 0.227 e. The van der Waals surface area contributed by atoms with Gasteiger partial charge >= 0.3 is 0 Å². The van der Waals surface area contributed by atoms with Crippen LogP contribution in [0.3, 0.4) is 0 Å². The van der Waals surface area contributed by atoms with Gasteiger partial charge in [0.1, 0.15) is 12.0 Å². The lowest BCUT2D eigenvalue weighted by Gasteiger charge is -2.12. The largest absolute Gasteiger partial charge is 0.497 e. The van der Waals surface area contributed by atoms with Crippen molar-refractivity contribution in [3.63, 3.8) is 0 Å². The quantitative estimate of drug-likeness (QED) is 0.849. The van der Waals surface area contributed by atoms with Crippen LogP contribution in [0.2, 0.25) is 0 Å². The molecule has 2 aromatic carbocycles. The highest BCUT2D eigenvalue weighted by Crippen LogP contribution is 2.25. The van der Waals surface area contributed by atoms with Crippen molar-refractivity contribution in [2.45, 2.75) is 12.8 Å². The monoisotopic (exact) mass is 271 g/mol. The Morgan fingerprint density at radius 1 is 1.25 bits per heavy atom. The molecule has 4 nitrogen and oxygen atoms in total. The maximum atomic E-state index is 11.8. The Balaban J connectivity index is 2.27. The minimum Gasteiger partial charge on any atom is -0.497 e. The Labute approximate surface area is 117 Å². The minimum atomic E-state index is -0.290. The molecule has 0 aliphatic carbocycles. The number of benzene rings is 2. The highest BCUT2D eigenvalue weighted by Gasteiger charge is 2.14. The smallest absolute Gasteiger partial charge is 0.227 e. The number of fused-ring (bicyclic) bond motifs is 1. The summed E-state index contributed by atoms with van der Waals surface area (Å²) in [7, 11) is 1.63. The molecule has 0 bridgehead atoms. The molecule has 2 aromatic rings. The highest BCUT2D eigenvalue weighted by molar-refractivity contribution is 5.88. The van der Waals surface area contributed by atoms with E-state index in [1.54, 1.807) is 7.11 Å². The number of methoxy groups -OCH3 is 1. The van der Waals surface area contributed by atoms with Gasteiger partial charge in [0.15, 0.2) is 0 Å². The van der Waals surface area contributed by atoms with E-state index in [1.165, 1.54) is 0 Å². The summed E-state index contributed by atoms with van der Waals surface area (Å²) in [5.41, 5.74) is 0.922. The zero-order valence-corrected chi connectivity index (χ0v) is 11.6. The maximum absolute atomic E-state index is 11.8. The first-order chi connectivity index (χ1) is 9.65. The lowest BCUT2D eigenvalue weighted by molar-refractivity contribution is -0.123. The molecule has 2 rings (SSSR count). The second-order valence-electron chi connectivity index (χ2n) is 4.61. The number of ether oxygens (including phenoxy) is 1. The first kappa shape index (κ1) is 14.1. The molecule has 1 amide bonds. The SMILES string of the molecule is COc1ccc2cc([C@H](C)C(=O)NCC=O)ccc2c1. The fourth-order valence-corrected chi connectivity index (χ4v) is 2.09. The van der Waals surface area contributed by atoms with Crippen LogP contribution >= 0.6 is 0 Å². The lowest BCUT2D eigenvalue weighted by atomic mass is 9.97. The number of carbonyl (C=O) groups is 2. The number of rotatable bonds is 5. The van der Waals surface area contributed by atoms with Crippen molar-refractivity contribution in [2.24, 2.45) is 0 Å². The van der Waals surface area contributed by atoms with Gasteiger partial charge in [-0.1, -0.05) is 24.3 Å². The topological polar surface area (TPSA) is 55.4 Å². The number of hydrogen-bond donors (Lipinski definition) is 1. The summed E-state index contributed by atoms with van der Waals surface area (Å²) >= 11 is 0. The van der Waals surface area contributed by atoms with E-state index < -0.39 is 0 Å². The Kier molecular flexibility index (Phi) is 4.35. The molecular weight excluding hydrogens is 254 g/mol. The molecule has 0 aliphatic rings. The third-order valence-corrected chi connectivity index (χ3v) is 3.32. The summed E-state index contributed by atoms with van der Waals surface area (Å²) < 4.78 is 5.19. The summed E-state index contributed by atoms with van der Waals surface area (Å²) in [5.74, 6) is 0.369. The van der Waals surface area contributed by atoms with Crippen LogP contribution in [0.4, 0.5) is 0 Å². The molecule has 0 heterocycles. The van der Waals surface area contributed by atoms with Crippen molar-refractivity contribution in [2.75, 3.05) is 13.7 Å². The predicted molar refractivity (Wildman–Crippen MR) is 78.0 cm³/mol. The van der Waals surface area contributed by atoms with Crippen LogP contribution in [0.15, 0.2) is 36.4 Å². The van der Waals surface area contributed by atoms with Crippen LogP contribution in [0.25, 0.3) is 10.8 Å². The zero-order valence-electron chi connectivity index (χ0n) is 11.6. The average molecular weight is 271 g/mol. The lowest BCUT2D eigenvalue weighted by Crippen LogP contribution is -2.29. The Morgan fingerprint density at radius 2 is 1.95 bits per heavy atom. The third-order valence-electron chi connectivity index (χ3n) is 3.32. The van der Waals surface area contributed by atoms with Gasteiger partial charge in [-0.2, -0.15) is 0 Å². The number of carbonyl (C=O) groups excluding carboxylic acids is 2. The Bertz CT molecular complexity index is 637. The molecule has 0 aromatic heterocycles. The molecule has 0 fully saturated rings. The molecule has 104 valence electrons. The minimum absolute atomic E-state index is 0.0496. The van der Waals surface area contributed by atoms with Crippen LogP contribution in [0.1, 0.15) is 18.4 Å². The van der Waals surface area contributed by atoms with Crippen LogP contribution in [0, 0.1) is 0 Å². The fraction of sp³-hybridized carbons (Fsp3) is 0.250. The van der Waals surface area contributed by atoms with Crippen molar-refractivity contribution >= 4 is 23.0 Å². The second-order valence-corrected chi connectivity index (χ2v) is 4.61. The van der Waals surface area contributed by atoms with E-state index in [0.717, 1.165) is 22.1 Å². The van der Waals surface area contributed by atoms with Crippen LogP contribution in [-0.4, -0.2) is 25.8 Å². The van der Waals surface area contributed by atoms with Crippen molar-refractivity contribution in [1.82, 2.24) is 5.32 Å². The summed E-state index contributed by atoms with van der Waals surface area (Å²) in [6, 6.07) is 11.7. The normalized spacial score (nSPS) is 11.9. The van der Waals surface area contributed by atoms with E-state index in [1.807, 2.05) is 43.3 Å². The number of aldehydes is 1. The van der Waals surface area contributed by atoms with E-state index >= 15 is 0 Å². The first-order valence-electron chi connectivity index (χ1n) is 6.44. The van der Waals surface area contributed by atoms with Gasteiger partial charge in [0.05, 0.1) is 19.6 Å². The van der Waals surface area contributed by atoms with Gasteiger partial charge in [0, 0.05) is 0 Å². The van der Waals surface area contributed by atoms with Gasteiger partial charge in [0.2, 0.25) is 5.91 Å². The van der Waals surface area contributed by atoms with E-state index in [0.29, 0.717) is 6.29 Å². The Morgan fingerprint density at radius 3 is 2.65 bits per heavy atom. The molecule has 0 aliphatic heterocycles. The van der Waals surface area contributed by atoms with Crippen molar-refractivity contribution in [3.8, 4) is 5.75 Å². The fourth-order valence-electron chi connectivity index (χ4n) is 2.09.